The van der Waals surface area contributed by atoms with Gasteiger partial charge in [0.2, 0.25) is 10.0 Å². The summed E-state index contributed by atoms with van der Waals surface area (Å²) in [6, 6.07) is 13.6. The standard InChI is InChI=1S/C21H22ClN3O3S/c1-13-18(14-7-11-17(12-8-14)29(23,27)28)20(21(26)24(2)3)25(4)19(13)15-5-9-16(22)10-6-15/h5-12H,1-4H3,(H2,23,27,28). The maximum Gasteiger partial charge on any atom is 0.270 e. The third kappa shape index (κ3) is 3.94. The molecule has 1 aromatic heterocycles. The lowest BCUT2D eigenvalue weighted by molar-refractivity contribution is 0.0819. The molecule has 2 N–H and O–H groups in total. The highest BCUT2D eigenvalue weighted by Gasteiger charge is 2.26. The van der Waals surface area contributed by atoms with E-state index in [0.29, 0.717) is 10.7 Å². The molecule has 0 atom stereocenters. The van der Waals surface area contributed by atoms with Gasteiger partial charge in [0.25, 0.3) is 5.91 Å². The number of carbonyl (C=O) groups excluding carboxylic acids is 1. The van der Waals surface area contributed by atoms with Gasteiger partial charge in [-0.05, 0) is 47.9 Å². The van der Waals surface area contributed by atoms with Gasteiger partial charge in [0, 0.05) is 31.7 Å². The van der Waals surface area contributed by atoms with E-state index in [1.165, 1.54) is 17.0 Å². The summed E-state index contributed by atoms with van der Waals surface area (Å²) in [6.07, 6.45) is 0. The molecule has 1 heterocycles. The lowest BCUT2D eigenvalue weighted by Crippen LogP contribution is -2.24. The summed E-state index contributed by atoms with van der Waals surface area (Å²) in [5.41, 5.74) is 4.71. The second-order valence-electron chi connectivity index (χ2n) is 7.03. The molecule has 152 valence electrons. The quantitative estimate of drug-likeness (QED) is 0.683. The number of nitrogens with zero attached hydrogens (tertiary/aromatic N) is 2. The average Bonchev–Trinajstić information content (AvgIpc) is 2.91. The van der Waals surface area contributed by atoms with Crippen molar-refractivity contribution in [3.63, 3.8) is 0 Å². The van der Waals surface area contributed by atoms with Crippen LogP contribution in [0.4, 0.5) is 0 Å². The van der Waals surface area contributed by atoms with Gasteiger partial charge in [-0.1, -0.05) is 35.9 Å². The van der Waals surface area contributed by atoms with Crippen LogP contribution in [0, 0.1) is 6.92 Å². The van der Waals surface area contributed by atoms with Crippen molar-refractivity contribution in [2.24, 2.45) is 12.2 Å². The molecule has 1 amide bonds. The van der Waals surface area contributed by atoms with Gasteiger partial charge < -0.3 is 9.47 Å². The van der Waals surface area contributed by atoms with E-state index < -0.39 is 10.0 Å². The Labute approximate surface area is 175 Å². The molecule has 0 aliphatic rings. The zero-order chi connectivity index (χ0) is 21.5. The molecule has 0 fully saturated rings. The first kappa shape index (κ1) is 21.1. The van der Waals surface area contributed by atoms with Gasteiger partial charge in [-0.3, -0.25) is 4.79 Å². The summed E-state index contributed by atoms with van der Waals surface area (Å²) in [5, 5.41) is 5.83. The highest BCUT2D eigenvalue weighted by molar-refractivity contribution is 7.89. The maximum absolute atomic E-state index is 13.0. The smallest absolute Gasteiger partial charge is 0.270 e. The summed E-state index contributed by atoms with van der Waals surface area (Å²) in [7, 11) is 1.44. The van der Waals surface area contributed by atoms with Crippen molar-refractivity contribution in [2.45, 2.75) is 11.8 Å². The van der Waals surface area contributed by atoms with Crippen molar-refractivity contribution in [2.75, 3.05) is 14.1 Å². The second kappa shape index (κ2) is 7.67. The van der Waals surface area contributed by atoms with Crippen molar-refractivity contribution < 1.29 is 13.2 Å². The minimum Gasteiger partial charge on any atom is -0.343 e. The molecule has 0 spiro atoms. The van der Waals surface area contributed by atoms with E-state index in [1.54, 1.807) is 38.4 Å². The summed E-state index contributed by atoms with van der Waals surface area (Å²) >= 11 is 6.03. The van der Waals surface area contributed by atoms with Crippen LogP contribution in [0.1, 0.15) is 16.1 Å². The number of aromatic nitrogens is 1. The molecule has 0 saturated heterocycles. The van der Waals surface area contributed by atoms with E-state index in [9.17, 15) is 13.2 Å². The molecule has 3 aromatic rings. The summed E-state index contributed by atoms with van der Waals surface area (Å²) in [6.45, 7) is 1.94. The molecule has 8 heteroatoms. The van der Waals surface area contributed by atoms with Crippen LogP contribution >= 0.6 is 11.6 Å². The number of sulfonamides is 1. The normalized spacial score (nSPS) is 11.5. The van der Waals surface area contributed by atoms with Crippen LogP contribution in [0.3, 0.4) is 0 Å². The fourth-order valence-corrected chi connectivity index (χ4v) is 4.11. The van der Waals surface area contributed by atoms with Crippen LogP contribution < -0.4 is 5.14 Å². The van der Waals surface area contributed by atoms with E-state index >= 15 is 0 Å². The molecule has 0 radical (unpaired) electrons. The van der Waals surface area contributed by atoms with Crippen molar-refractivity contribution in [1.82, 2.24) is 9.47 Å². The predicted molar refractivity (Wildman–Crippen MR) is 115 cm³/mol. The Kier molecular flexibility index (Phi) is 5.58. The monoisotopic (exact) mass is 431 g/mol. The molecule has 29 heavy (non-hydrogen) atoms. The van der Waals surface area contributed by atoms with E-state index in [2.05, 4.69) is 0 Å². The second-order valence-corrected chi connectivity index (χ2v) is 9.03. The van der Waals surface area contributed by atoms with Crippen molar-refractivity contribution in [1.29, 1.82) is 0 Å². The SMILES string of the molecule is Cc1c(-c2ccc(S(N)(=O)=O)cc2)c(C(=O)N(C)C)n(C)c1-c1ccc(Cl)cc1. The van der Waals surface area contributed by atoms with Crippen LogP contribution in [0.15, 0.2) is 53.4 Å². The maximum atomic E-state index is 13.0. The number of amides is 1. The highest BCUT2D eigenvalue weighted by atomic mass is 35.5. The number of primary sulfonamides is 1. The number of halogens is 1. The van der Waals surface area contributed by atoms with Crippen LogP contribution in [0.25, 0.3) is 22.4 Å². The zero-order valence-electron chi connectivity index (χ0n) is 16.6. The molecule has 0 saturated carbocycles. The molecule has 0 unspecified atom stereocenters. The number of carbonyl (C=O) groups is 1. The number of rotatable bonds is 4. The fraction of sp³-hybridized carbons (Fsp3) is 0.190. The molecule has 3 rings (SSSR count). The van der Waals surface area contributed by atoms with Crippen molar-refractivity contribution in [3.8, 4) is 22.4 Å². The van der Waals surface area contributed by atoms with Gasteiger partial charge in [-0.2, -0.15) is 0 Å². The number of nitrogens with two attached hydrogens (primary N) is 1. The first-order chi connectivity index (χ1) is 13.5. The molecule has 0 aliphatic heterocycles. The summed E-state index contributed by atoms with van der Waals surface area (Å²) < 4.78 is 25.0. The lowest BCUT2D eigenvalue weighted by atomic mass is 9.98. The first-order valence-corrected chi connectivity index (χ1v) is 10.7. The van der Waals surface area contributed by atoms with Gasteiger partial charge in [0.1, 0.15) is 5.69 Å². The van der Waals surface area contributed by atoms with Crippen molar-refractivity contribution >= 4 is 27.5 Å². The van der Waals surface area contributed by atoms with Gasteiger partial charge in [-0.15, -0.1) is 0 Å². The Hall–Kier alpha value is -2.61. The Morgan fingerprint density at radius 3 is 2.00 bits per heavy atom. The number of benzene rings is 2. The molecule has 0 bridgehead atoms. The third-order valence-electron chi connectivity index (χ3n) is 4.84. The van der Waals surface area contributed by atoms with Crippen LogP contribution in [-0.2, 0) is 17.1 Å². The van der Waals surface area contributed by atoms with E-state index in [-0.39, 0.29) is 10.8 Å². The van der Waals surface area contributed by atoms with Gasteiger partial charge >= 0.3 is 0 Å². The van der Waals surface area contributed by atoms with E-state index in [0.717, 1.165) is 27.9 Å². The zero-order valence-corrected chi connectivity index (χ0v) is 18.2. The summed E-state index contributed by atoms with van der Waals surface area (Å²) in [5.74, 6) is -0.152. The molecule has 0 aliphatic carbocycles. The Morgan fingerprint density at radius 1 is 1.00 bits per heavy atom. The number of hydrogen-bond acceptors (Lipinski definition) is 3. The highest BCUT2D eigenvalue weighted by Crippen LogP contribution is 2.38. The lowest BCUT2D eigenvalue weighted by Gasteiger charge is -2.14. The Bertz CT molecular complexity index is 1180. The van der Waals surface area contributed by atoms with Crippen LogP contribution in [0.2, 0.25) is 5.02 Å². The summed E-state index contributed by atoms with van der Waals surface area (Å²) in [4.78, 5) is 14.5. The largest absolute Gasteiger partial charge is 0.343 e. The van der Waals surface area contributed by atoms with E-state index in [1.807, 2.05) is 30.7 Å². The minimum absolute atomic E-state index is 0.0215. The Morgan fingerprint density at radius 2 is 1.52 bits per heavy atom. The first-order valence-electron chi connectivity index (χ1n) is 8.82. The van der Waals surface area contributed by atoms with Gasteiger partial charge in [0.05, 0.1) is 10.6 Å². The molecular weight excluding hydrogens is 410 g/mol. The minimum atomic E-state index is -3.79. The van der Waals surface area contributed by atoms with Gasteiger partial charge in [-0.25, -0.2) is 13.6 Å². The predicted octanol–water partition coefficient (Wildman–Crippen LogP) is 3.67. The fourth-order valence-electron chi connectivity index (χ4n) is 3.47. The number of hydrogen-bond donors (Lipinski definition) is 1. The third-order valence-corrected chi connectivity index (χ3v) is 6.02. The van der Waals surface area contributed by atoms with Crippen molar-refractivity contribution in [3.05, 3.63) is 64.8 Å². The van der Waals surface area contributed by atoms with Gasteiger partial charge in [0.15, 0.2) is 0 Å². The van der Waals surface area contributed by atoms with Crippen LogP contribution in [-0.4, -0.2) is 37.9 Å². The molecular formula is C21H22ClN3O3S. The van der Waals surface area contributed by atoms with Crippen LogP contribution in [0.5, 0.6) is 0 Å². The average molecular weight is 432 g/mol. The van der Waals surface area contributed by atoms with E-state index in [4.69, 9.17) is 16.7 Å². The molecule has 6 nitrogen and oxygen atoms in total. The molecule has 2 aromatic carbocycles. The topological polar surface area (TPSA) is 85.4 Å². The Balaban J connectivity index is 2.29.